The minimum atomic E-state index is -0.973. The third-order valence-electron chi connectivity index (χ3n) is 3.39. The van der Waals surface area contributed by atoms with Gasteiger partial charge in [-0.25, -0.2) is 4.99 Å². The number of aliphatic hydroxyl groups excluding tert-OH is 1. The van der Waals surface area contributed by atoms with Gasteiger partial charge in [-0.15, -0.1) is 22.7 Å². The Morgan fingerprint density at radius 1 is 1.05 bits per heavy atom. The van der Waals surface area contributed by atoms with Crippen molar-refractivity contribution in [1.29, 1.82) is 0 Å². The van der Waals surface area contributed by atoms with Crippen LogP contribution in [-0.4, -0.2) is 20.9 Å². The van der Waals surface area contributed by atoms with Crippen molar-refractivity contribution in [1.82, 2.24) is 4.98 Å². The first kappa shape index (κ1) is 14.6. The maximum Gasteiger partial charge on any atom is 0.199 e. The van der Waals surface area contributed by atoms with Gasteiger partial charge >= 0.3 is 0 Å². The van der Waals surface area contributed by atoms with Crippen molar-refractivity contribution < 1.29 is 10.2 Å². The molecule has 0 spiro atoms. The fourth-order valence-corrected chi connectivity index (χ4v) is 5.31. The maximum absolute atomic E-state index is 10.3. The fraction of sp³-hybridized carbons (Fsp3) is 0.0714. The third-order valence-corrected chi connectivity index (χ3v) is 6.66. The normalized spacial score (nSPS) is 16.9. The Bertz CT molecular complexity index is 910. The Hall–Kier alpha value is -0.930. The summed E-state index contributed by atoms with van der Waals surface area (Å²) in [7, 11) is 0. The lowest BCUT2D eigenvalue weighted by Crippen LogP contribution is -1.96. The lowest BCUT2D eigenvalue weighted by molar-refractivity contribution is 0.193. The third kappa shape index (κ3) is 2.21. The number of hydrogen-bond donors (Lipinski definition) is 3. The van der Waals surface area contributed by atoms with Crippen LogP contribution < -0.4 is 0 Å². The highest BCUT2D eigenvalue weighted by molar-refractivity contribution is 9.11. The number of aliphatic hydroxyl groups is 1. The standard InChI is InChI=1S/C14H8Br2N2O2S2/c15-7-3-1-5(21-7)11-9-10(14(20)17-11)12(18-13(9)19)6-2-4-8(16)22-6/h1-4,13,17,19-20H. The van der Waals surface area contributed by atoms with E-state index in [1.54, 1.807) is 0 Å². The summed E-state index contributed by atoms with van der Waals surface area (Å²) in [6, 6.07) is 7.72. The van der Waals surface area contributed by atoms with E-state index >= 15 is 0 Å². The molecule has 0 aliphatic carbocycles. The molecule has 0 radical (unpaired) electrons. The highest BCUT2D eigenvalue weighted by Crippen LogP contribution is 2.45. The number of aliphatic imine (C=N–C) groups is 1. The van der Waals surface area contributed by atoms with E-state index in [0.717, 1.165) is 17.3 Å². The molecule has 4 rings (SSSR count). The van der Waals surface area contributed by atoms with Gasteiger partial charge < -0.3 is 15.2 Å². The van der Waals surface area contributed by atoms with Crippen molar-refractivity contribution in [3.05, 3.63) is 47.8 Å². The van der Waals surface area contributed by atoms with Crippen molar-refractivity contribution in [2.45, 2.75) is 6.23 Å². The molecule has 0 saturated heterocycles. The van der Waals surface area contributed by atoms with Gasteiger partial charge in [-0.2, -0.15) is 0 Å². The summed E-state index contributed by atoms with van der Waals surface area (Å²) >= 11 is 9.90. The van der Waals surface area contributed by atoms with Crippen molar-refractivity contribution in [2.24, 2.45) is 4.99 Å². The zero-order valence-electron chi connectivity index (χ0n) is 10.8. The summed E-state index contributed by atoms with van der Waals surface area (Å²) in [6.07, 6.45) is -0.973. The summed E-state index contributed by atoms with van der Waals surface area (Å²) in [5, 5.41) is 20.7. The first-order chi connectivity index (χ1) is 10.5. The van der Waals surface area contributed by atoms with E-state index in [1.165, 1.54) is 22.7 Å². The molecule has 1 aliphatic heterocycles. The number of aromatic nitrogens is 1. The molecule has 0 aromatic carbocycles. The number of rotatable bonds is 2. The largest absolute Gasteiger partial charge is 0.494 e. The molecule has 0 amide bonds. The number of H-pyrrole nitrogens is 1. The molecule has 1 unspecified atom stereocenters. The van der Waals surface area contributed by atoms with E-state index in [0.29, 0.717) is 22.5 Å². The Morgan fingerprint density at radius 2 is 1.68 bits per heavy atom. The molecular weight excluding hydrogens is 452 g/mol. The number of hydrogen-bond acceptors (Lipinski definition) is 5. The lowest BCUT2D eigenvalue weighted by atomic mass is 10.1. The second-order valence-electron chi connectivity index (χ2n) is 4.70. The van der Waals surface area contributed by atoms with E-state index in [2.05, 4.69) is 41.8 Å². The summed E-state index contributed by atoms with van der Waals surface area (Å²) in [4.78, 5) is 9.14. The van der Waals surface area contributed by atoms with E-state index in [-0.39, 0.29) is 5.88 Å². The minimum Gasteiger partial charge on any atom is -0.494 e. The van der Waals surface area contributed by atoms with Gasteiger partial charge in [-0.1, -0.05) is 0 Å². The van der Waals surface area contributed by atoms with Gasteiger partial charge in [-0.05, 0) is 56.1 Å². The van der Waals surface area contributed by atoms with Gasteiger partial charge in [-0.3, -0.25) is 0 Å². The molecule has 3 aromatic rings. The second kappa shape index (κ2) is 5.31. The van der Waals surface area contributed by atoms with Crippen LogP contribution in [0, 0.1) is 0 Å². The fourth-order valence-electron chi connectivity index (χ4n) is 2.52. The molecule has 4 nitrogen and oxygen atoms in total. The number of aromatic hydroxyl groups is 1. The average molecular weight is 460 g/mol. The van der Waals surface area contributed by atoms with Gasteiger partial charge in [0.15, 0.2) is 12.1 Å². The molecule has 112 valence electrons. The van der Waals surface area contributed by atoms with Gasteiger partial charge in [0.05, 0.1) is 34.3 Å². The highest BCUT2D eigenvalue weighted by atomic mass is 79.9. The molecule has 4 heterocycles. The van der Waals surface area contributed by atoms with Gasteiger partial charge in [0.2, 0.25) is 0 Å². The van der Waals surface area contributed by atoms with E-state index < -0.39 is 6.23 Å². The quantitative estimate of drug-likeness (QED) is 0.511. The smallest absolute Gasteiger partial charge is 0.199 e. The monoisotopic (exact) mass is 458 g/mol. The molecular formula is C14H8Br2N2O2S2. The molecule has 3 N–H and O–H groups in total. The van der Waals surface area contributed by atoms with Crippen LogP contribution in [0.1, 0.15) is 22.2 Å². The molecule has 0 fully saturated rings. The average Bonchev–Trinajstić information content (AvgIpc) is 3.19. The number of nitrogens with one attached hydrogen (secondary N) is 1. The van der Waals surface area contributed by atoms with Crippen LogP contribution in [-0.2, 0) is 0 Å². The summed E-state index contributed by atoms with van der Waals surface area (Å²) < 4.78 is 1.96. The zero-order valence-corrected chi connectivity index (χ0v) is 15.6. The number of fused-ring (bicyclic) bond motifs is 1. The van der Waals surface area contributed by atoms with Gasteiger partial charge in [0.1, 0.15) is 0 Å². The van der Waals surface area contributed by atoms with Crippen molar-refractivity contribution in [3.8, 4) is 16.5 Å². The van der Waals surface area contributed by atoms with Crippen LogP contribution in [0.4, 0.5) is 0 Å². The Kier molecular flexibility index (Phi) is 3.54. The predicted octanol–water partition coefficient (Wildman–Crippen LogP) is 4.88. The minimum absolute atomic E-state index is 0.0364. The van der Waals surface area contributed by atoms with E-state index in [1.807, 2.05) is 24.3 Å². The van der Waals surface area contributed by atoms with E-state index in [4.69, 9.17) is 0 Å². The molecule has 0 saturated carbocycles. The van der Waals surface area contributed by atoms with Crippen molar-refractivity contribution in [2.75, 3.05) is 0 Å². The number of halogens is 2. The van der Waals surface area contributed by atoms with E-state index in [9.17, 15) is 10.2 Å². The topological polar surface area (TPSA) is 68.6 Å². The second-order valence-corrected chi connectivity index (χ2v) is 9.62. The molecule has 22 heavy (non-hydrogen) atoms. The maximum atomic E-state index is 10.3. The van der Waals surface area contributed by atoms with Crippen LogP contribution >= 0.6 is 54.5 Å². The Labute approximate surface area is 150 Å². The molecule has 8 heteroatoms. The summed E-state index contributed by atoms with van der Waals surface area (Å²) in [5.41, 5.74) is 2.55. The van der Waals surface area contributed by atoms with Gasteiger partial charge in [0.25, 0.3) is 0 Å². The number of nitrogens with zero attached hydrogens (tertiary/aromatic N) is 1. The Balaban J connectivity index is 1.89. The molecule has 3 aromatic heterocycles. The van der Waals surface area contributed by atoms with Crippen LogP contribution in [0.2, 0.25) is 0 Å². The number of thiophene rings is 2. The molecule has 0 bridgehead atoms. The first-order valence-electron chi connectivity index (χ1n) is 6.27. The van der Waals surface area contributed by atoms with Crippen LogP contribution in [0.3, 0.4) is 0 Å². The Morgan fingerprint density at radius 3 is 2.27 bits per heavy atom. The lowest BCUT2D eigenvalue weighted by Gasteiger charge is -2.01. The molecule has 1 aliphatic rings. The van der Waals surface area contributed by atoms with Crippen LogP contribution in [0.15, 0.2) is 36.8 Å². The van der Waals surface area contributed by atoms with Crippen molar-refractivity contribution in [3.63, 3.8) is 0 Å². The molecule has 1 atom stereocenters. The van der Waals surface area contributed by atoms with Crippen molar-refractivity contribution >= 4 is 60.2 Å². The SMILES string of the molecule is Oc1[nH]c(-c2ccc(Br)s2)c2c1C(c1ccc(Br)s1)=NC2O. The van der Waals surface area contributed by atoms with Crippen LogP contribution in [0.25, 0.3) is 10.6 Å². The predicted molar refractivity (Wildman–Crippen MR) is 96.1 cm³/mol. The highest BCUT2D eigenvalue weighted by Gasteiger charge is 2.34. The first-order valence-corrected chi connectivity index (χ1v) is 9.49. The van der Waals surface area contributed by atoms with Gasteiger partial charge in [0, 0.05) is 5.56 Å². The summed E-state index contributed by atoms with van der Waals surface area (Å²) in [5.74, 6) is 0.0364. The number of aromatic amines is 1. The summed E-state index contributed by atoms with van der Waals surface area (Å²) in [6.45, 7) is 0. The zero-order chi connectivity index (χ0) is 15.4. The van der Waals surface area contributed by atoms with Crippen LogP contribution in [0.5, 0.6) is 5.88 Å².